The first-order chi connectivity index (χ1) is 9.79. The van der Waals surface area contributed by atoms with Crippen molar-refractivity contribution in [2.24, 2.45) is 0 Å². The maximum Gasteiger partial charge on any atom is 0.449 e. The topological polar surface area (TPSA) is 64.0 Å². The average molecular weight is 323 g/mol. The molecular weight excluding hydrogens is 307 g/mol. The monoisotopic (exact) mass is 323 g/mol. The van der Waals surface area contributed by atoms with Crippen molar-refractivity contribution in [2.75, 3.05) is 12.3 Å². The molecule has 1 saturated heterocycles. The van der Waals surface area contributed by atoms with Crippen molar-refractivity contribution in [1.82, 2.24) is 14.9 Å². The minimum atomic E-state index is -4.57. The molecule has 1 aromatic rings. The van der Waals surface area contributed by atoms with Gasteiger partial charge in [0.05, 0.1) is 16.7 Å². The van der Waals surface area contributed by atoms with Gasteiger partial charge in [-0.3, -0.25) is 0 Å². The lowest BCUT2D eigenvalue weighted by Crippen LogP contribution is -2.29. The van der Waals surface area contributed by atoms with Crippen molar-refractivity contribution in [2.45, 2.75) is 43.8 Å². The zero-order valence-corrected chi connectivity index (χ0v) is 12.1. The maximum atomic E-state index is 13.1. The van der Waals surface area contributed by atoms with Gasteiger partial charge < -0.3 is 9.88 Å². The van der Waals surface area contributed by atoms with Gasteiger partial charge >= 0.3 is 6.18 Å². The van der Waals surface area contributed by atoms with E-state index in [2.05, 4.69) is 10.3 Å². The van der Waals surface area contributed by atoms with Gasteiger partial charge in [-0.05, 0) is 12.8 Å². The first kappa shape index (κ1) is 14.8. The number of aromatic nitrogens is 2. The number of alkyl halides is 3. The van der Waals surface area contributed by atoms with Crippen LogP contribution >= 0.6 is 0 Å². The summed E-state index contributed by atoms with van der Waals surface area (Å²) in [6, 6.07) is 0. The molecule has 2 aliphatic heterocycles. The highest BCUT2D eigenvalue weighted by Gasteiger charge is 2.41. The van der Waals surface area contributed by atoms with E-state index in [1.165, 1.54) is 0 Å². The van der Waals surface area contributed by atoms with Crippen LogP contribution in [0, 0.1) is 0 Å². The molecule has 0 amide bonds. The summed E-state index contributed by atoms with van der Waals surface area (Å²) >= 11 is 0. The molecule has 3 rings (SSSR count). The van der Waals surface area contributed by atoms with Gasteiger partial charge in [-0.2, -0.15) is 13.2 Å². The Balaban J connectivity index is 2.02. The Morgan fingerprint density at radius 2 is 2.14 bits per heavy atom. The van der Waals surface area contributed by atoms with E-state index in [1.807, 2.05) is 0 Å². The molecule has 0 saturated carbocycles. The van der Waals surface area contributed by atoms with Crippen molar-refractivity contribution in [3.63, 3.8) is 0 Å². The molecule has 1 N–H and O–H groups in total. The Kier molecular flexibility index (Phi) is 3.52. The summed E-state index contributed by atoms with van der Waals surface area (Å²) in [7, 11) is -3.28. The van der Waals surface area contributed by atoms with Crippen LogP contribution in [0.1, 0.15) is 30.1 Å². The third-order valence-electron chi connectivity index (χ3n) is 4.09. The van der Waals surface area contributed by atoms with Gasteiger partial charge in [0, 0.05) is 31.7 Å². The normalized spacial score (nSPS) is 25.0. The molecule has 1 fully saturated rings. The Labute approximate surface area is 120 Å². The molecule has 9 heteroatoms. The fourth-order valence-electron chi connectivity index (χ4n) is 3.05. The van der Waals surface area contributed by atoms with Crippen LogP contribution in [0.5, 0.6) is 0 Å². The van der Waals surface area contributed by atoms with Crippen LogP contribution < -0.4 is 5.32 Å². The number of sulfone groups is 1. The highest BCUT2D eigenvalue weighted by atomic mass is 32.2. The molecule has 0 aromatic carbocycles. The second-order valence-electron chi connectivity index (χ2n) is 5.50. The summed E-state index contributed by atoms with van der Waals surface area (Å²) in [6.45, 7) is 0.732. The molecule has 118 valence electrons. The van der Waals surface area contributed by atoms with E-state index < -0.39 is 27.1 Å². The van der Waals surface area contributed by atoms with Crippen molar-refractivity contribution in [3.05, 3.63) is 17.2 Å². The first-order valence-corrected chi connectivity index (χ1v) is 8.58. The van der Waals surface area contributed by atoms with Gasteiger partial charge in [-0.15, -0.1) is 0 Å². The molecular formula is C12H16F3N3O2S. The number of halogens is 3. The molecule has 2 aliphatic rings. The Morgan fingerprint density at radius 3 is 2.76 bits per heavy atom. The van der Waals surface area contributed by atoms with Crippen LogP contribution in [0.2, 0.25) is 0 Å². The van der Waals surface area contributed by atoms with Gasteiger partial charge in [-0.25, -0.2) is 13.4 Å². The third-order valence-corrected chi connectivity index (χ3v) is 6.35. The summed E-state index contributed by atoms with van der Waals surface area (Å²) in [4.78, 5) is 3.69. The largest absolute Gasteiger partial charge is 0.449 e. The Morgan fingerprint density at radius 1 is 1.38 bits per heavy atom. The first-order valence-electron chi connectivity index (χ1n) is 6.87. The van der Waals surface area contributed by atoms with Crippen LogP contribution in [0.25, 0.3) is 0 Å². The van der Waals surface area contributed by atoms with Crippen LogP contribution in [0.15, 0.2) is 0 Å². The molecule has 1 aromatic heterocycles. The molecule has 1 unspecified atom stereocenters. The summed E-state index contributed by atoms with van der Waals surface area (Å²) in [5.41, 5.74) is 0.896. The van der Waals surface area contributed by atoms with Crippen molar-refractivity contribution in [1.29, 1.82) is 0 Å². The minimum absolute atomic E-state index is 0.0669. The number of nitrogens with one attached hydrogen (secondary N) is 1. The molecule has 0 bridgehead atoms. The van der Waals surface area contributed by atoms with Crippen LogP contribution in [-0.2, 0) is 35.5 Å². The highest BCUT2D eigenvalue weighted by molar-refractivity contribution is 7.92. The van der Waals surface area contributed by atoms with E-state index in [0.29, 0.717) is 43.7 Å². The van der Waals surface area contributed by atoms with Crippen molar-refractivity contribution >= 4 is 9.84 Å². The maximum absolute atomic E-state index is 13.1. The van der Waals surface area contributed by atoms with E-state index in [4.69, 9.17) is 0 Å². The van der Waals surface area contributed by atoms with E-state index in [-0.39, 0.29) is 12.3 Å². The standard InChI is InChI=1S/C12H16F3N3O2S/c13-12(14,15)11-17-9-6-16-4-3-10(9)18(11)7-8-2-1-5-21(8,19)20/h8,16H,1-7H2. The lowest BCUT2D eigenvalue weighted by atomic mass is 10.1. The van der Waals surface area contributed by atoms with Gasteiger partial charge in [0.1, 0.15) is 0 Å². The van der Waals surface area contributed by atoms with Gasteiger partial charge in [0.2, 0.25) is 5.82 Å². The number of imidazole rings is 1. The lowest BCUT2D eigenvalue weighted by Gasteiger charge is -2.19. The lowest BCUT2D eigenvalue weighted by molar-refractivity contribution is -0.147. The summed E-state index contributed by atoms with van der Waals surface area (Å²) in [6.07, 6.45) is -3.19. The summed E-state index contributed by atoms with van der Waals surface area (Å²) in [5, 5.41) is 2.25. The quantitative estimate of drug-likeness (QED) is 0.886. The van der Waals surface area contributed by atoms with Gasteiger partial charge in [-0.1, -0.05) is 0 Å². The van der Waals surface area contributed by atoms with Crippen LogP contribution in [0.4, 0.5) is 13.2 Å². The van der Waals surface area contributed by atoms with E-state index >= 15 is 0 Å². The second-order valence-corrected chi connectivity index (χ2v) is 7.90. The fourth-order valence-corrected chi connectivity index (χ4v) is 4.86. The number of hydrogen-bond acceptors (Lipinski definition) is 4. The molecule has 5 nitrogen and oxygen atoms in total. The van der Waals surface area contributed by atoms with E-state index in [0.717, 1.165) is 4.57 Å². The second kappa shape index (κ2) is 4.98. The summed E-state index contributed by atoms with van der Waals surface area (Å²) < 4.78 is 64.3. The molecule has 3 heterocycles. The van der Waals surface area contributed by atoms with E-state index in [9.17, 15) is 21.6 Å². The van der Waals surface area contributed by atoms with Gasteiger partial charge in [0.25, 0.3) is 0 Å². The predicted molar refractivity (Wildman–Crippen MR) is 69.4 cm³/mol. The number of hydrogen-bond donors (Lipinski definition) is 1. The fraction of sp³-hybridized carbons (Fsp3) is 0.750. The third kappa shape index (κ3) is 2.68. The number of rotatable bonds is 2. The van der Waals surface area contributed by atoms with Crippen molar-refractivity contribution < 1.29 is 21.6 Å². The van der Waals surface area contributed by atoms with E-state index in [1.54, 1.807) is 0 Å². The smallest absolute Gasteiger partial charge is 0.323 e. The SMILES string of the molecule is O=S1(=O)CCCC1Cn1c(C(F)(F)F)nc2c1CCNC2. The highest BCUT2D eigenvalue weighted by Crippen LogP contribution is 2.33. The molecule has 0 radical (unpaired) electrons. The zero-order chi connectivity index (χ0) is 15.3. The average Bonchev–Trinajstić information content (AvgIpc) is 2.91. The summed E-state index contributed by atoms with van der Waals surface area (Å²) in [5.74, 6) is -0.907. The van der Waals surface area contributed by atoms with Crippen molar-refractivity contribution in [3.8, 4) is 0 Å². The number of fused-ring (bicyclic) bond motifs is 1. The zero-order valence-electron chi connectivity index (χ0n) is 11.3. The molecule has 0 aliphatic carbocycles. The predicted octanol–water partition coefficient (Wildman–Crippen LogP) is 1.12. The molecule has 21 heavy (non-hydrogen) atoms. The van der Waals surface area contributed by atoms with Crippen LogP contribution in [-0.4, -0.2) is 35.5 Å². The van der Waals surface area contributed by atoms with Gasteiger partial charge in [0.15, 0.2) is 9.84 Å². The Bertz CT molecular complexity index is 651. The Hall–Kier alpha value is -1.09. The minimum Gasteiger partial charge on any atom is -0.323 e. The molecule has 1 atom stereocenters. The number of nitrogens with zero attached hydrogens (tertiary/aromatic N) is 2. The van der Waals surface area contributed by atoms with Crippen LogP contribution in [0.3, 0.4) is 0 Å². The molecule has 0 spiro atoms.